The maximum Gasteiger partial charge on any atom is 0.246 e. The lowest BCUT2D eigenvalue weighted by Crippen LogP contribution is -2.31. The number of hydrogen-bond donors (Lipinski definition) is 1. The second-order valence-electron chi connectivity index (χ2n) is 5.61. The molecule has 23 heavy (non-hydrogen) atoms. The highest BCUT2D eigenvalue weighted by atomic mass is 32.2. The zero-order valence-corrected chi connectivity index (χ0v) is 13.8. The van der Waals surface area contributed by atoms with Gasteiger partial charge in [0.25, 0.3) is 0 Å². The van der Waals surface area contributed by atoms with E-state index in [4.69, 9.17) is 4.74 Å². The van der Waals surface area contributed by atoms with E-state index in [0.29, 0.717) is 12.2 Å². The van der Waals surface area contributed by atoms with Gasteiger partial charge in [0.15, 0.2) is 0 Å². The SMILES string of the molecule is COc1cccc(C2CC(O)CN2S(=O)(=O)c2cnn(C)c2)c1. The topological polar surface area (TPSA) is 84.7 Å². The fraction of sp³-hybridized carbons (Fsp3) is 0.400. The molecule has 1 aromatic heterocycles. The molecular weight excluding hydrogens is 318 g/mol. The molecule has 0 radical (unpaired) electrons. The predicted molar refractivity (Wildman–Crippen MR) is 83.5 cm³/mol. The fourth-order valence-corrected chi connectivity index (χ4v) is 4.52. The maximum atomic E-state index is 12.9. The van der Waals surface area contributed by atoms with E-state index in [1.807, 2.05) is 12.1 Å². The van der Waals surface area contributed by atoms with Gasteiger partial charge in [0.1, 0.15) is 10.6 Å². The van der Waals surface area contributed by atoms with E-state index in [0.717, 1.165) is 5.56 Å². The molecule has 1 aliphatic heterocycles. The number of ether oxygens (including phenoxy) is 1. The van der Waals surface area contributed by atoms with Gasteiger partial charge in [-0.15, -0.1) is 0 Å². The van der Waals surface area contributed by atoms with Crippen molar-refractivity contribution in [1.82, 2.24) is 14.1 Å². The van der Waals surface area contributed by atoms with Crippen LogP contribution in [0.25, 0.3) is 0 Å². The summed E-state index contributed by atoms with van der Waals surface area (Å²) in [6, 6.07) is 6.83. The molecule has 7 nitrogen and oxygen atoms in total. The summed E-state index contributed by atoms with van der Waals surface area (Å²) in [6.45, 7) is 0.0686. The van der Waals surface area contributed by atoms with Crippen molar-refractivity contribution in [2.45, 2.75) is 23.5 Å². The smallest absolute Gasteiger partial charge is 0.246 e. The van der Waals surface area contributed by atoms with E-state index in [1.54, 1.807) is 26.3 Å². The highest BCUT2D eigenvalue weighted by molar-refractivity contribution is 7.89. The van der Waals surface area contributed by atoms with Crippen LogP contribution in [0.2, 0.25) is 0 Å². The van der Waals surface area contributed by atoms with Crippen LogP contribution >= 0.6 is 0 Å². The van der Waals surface area contributed by atoms with E-state index >= 15 is 0 Å². The molecule has 1 N–H and O–H groups in total. The minimum Gasteiger partial charge on any atom is -0.497 e. The Labute approximate surface area is 135 Å². The first kappa shape index (κ1) is 16.0. The number of rotatable bonds is 4. The van der Waals surface area contributed by atoms with Gasteiger partial charge in [0.2, 0.25) is 10.0 Å². The number of aromatic nitrogens is 2. The Morgan fingerprint density at radius 2 is 2.17 bits per heavy atom. The van der Waals surface area contributed by atoms with Crippen LogP contribution in [0.3, 0.4) is 0 Å². The first-order valence-corrected chi connectivity index (χ1v) is 8.68. The number of nitrogens with zero attached hydrogens (tertiary/aromatic N) is 3. The van der Waals surface area contributed by atoms with Crippen molar-refractivity contribution < 1.29 is 18.3 Å². The van der Waals surface area contributed by atoms with Gasteiger partial charge in [-0.05, 0) is 24.1 Å². The first-order chi connectivity index (χ1) is 10.9. The van der Waals surface area contributed by atoms with Gasteiger partial charge in [-0.3, -0.25) is 4.68 Å². The Kier molecular flexibility index (Phi) is 4.13. The van der Waals surface area contributed by atoms with Crippen molar-refractivity contribution in [2.24, 2.45) is 7.05 Å². The van der Waals surface area contributed by atoms with Crippen molar-refractivity contribution in [2.75, 3.05) is 13.7 Å². The summed E-state index contributed by atoms with van der Waals surface area (Å²) in [4.78, 5) is 0.127. The van der Waals surface area contributed by atoms with Crippen LogP contribution < -0.4 is 4.74 Å². The summed E-state index contributed by atoms with van der Waals surface area (Å²) in [5, 5.41) is 13.9. The standard InChI is InChI=1S/C15H19N3O4S/c1-17-10-14(8-16-17)23(20,21)18-9-12(19)7-15(18)11-4-3-5-13(6-11)22-2/h3-6,8,10,12,15,19H,7,9H2,1-2H3. The highest BCUT2D eigenvalue weighted by Gasteiger charge is 2.41. The van der Waals surface area contributed by atoms with Crippen LogP contribution in [0.5, 0.6) is 5.75 Å². The number of benzene rings is 1. The second-order valence-corrected chi connectivity index (χ2v) is 7.50. The molecule has 124 valence electrons. The first-order valence-electron chi connectivity index (χ1n) is 7.24. The zero-order chi connectivity index (χ0) is 16.6. The summed E-state index contributed by atoms with van der Waals surface area (Å²) < 4.78 is 33.7. The molecule has 2 atom stereocenters. The Morgan fingerprint density at radius 1 is 1.39 bits per heavy atom. The van der Waals surface area contributed by atoms with Gasteiger partial charge >= 0.3 is 0 Å². The number of aryl methyl sites for hydroxylation is 1. The van der Waals surface area contributed by atoms with Crippen molar-refractivity contribution in [3.63, 3.8) is 0 Å². The van der Waals surface area contributed by atoms with Crippen LogP contribution in [0, 0.1) is 0 Å². The number of β-amino-alcohol motifs (C(OH)–C–C–N with tert-alkyl or cyclic N) is 1. The van der Waals surface area contributed by atoms with E-state index in [9.17, 15) is 13.5 Å². The largest absolute Gasteiger partial charge is 0.497 e. The molecule has 3 rings (SSSR count). The molecule has 2 aromatic rings. The van der Waals surface area contributed by atoms with Gasteiger partial charge in [0, 0.05) is 19.8 Å². The second kappa shape index (κ2) is 5.95. The quantitative estimate of drug-likeness (QED) is 0.897. The Balaban J connectivity index is 1.99. The molecule has 1 saturated heterocycles. The van der Waals surface area contributed by atoms with Gasteiger partial charge in [-0.2, -0.15) is 9.40 Å². The van der Waals surface area contributed by atoms with Crippen LogP contribution in [-0.2, 0) is 17.1 Å². The molecule has 2 unspecified atom stereocenters. The normalized spacial score (nSPS) is 22.4. The number of aliphatic hydroxyl groups excluding tert-OH is 1. The lowest BCUT2D eigenvalue weighted by Gasteiger charge is -2.23. The molecule has 0 saturated carbocycles. The molecule has 1 fully saturated rings. The summed E-state index contributed by atoms with van der Waals surface area (Å²) >= 11 is 0. The van der Waals surface area contributed by atoms with Crippen LogP contribution in [0.4, 0.5) is 0 Å². The highest BCUT2D eigenvalue weighted by Crippen LogP contribution is 2.37. The van der Waals surface area contributed by atoms with Gasteiger partial charge in [-0.1, -0.05) is 12.1 Å². The minimum absolute atomic E-state index is 0.0686. The summed E-state index contributed by atoms with van der Waals surface area (Å²) in [5.74, 6) is 0.655. The van der Waals surface area contributed by atoms with E-state index in [1.165, 1.54) is 21.4 Å². The summed E-state index contributed by atoms with van der Waals surface area (Å²) in [5.41, 5.74) is 0.799. The molecule has 2 heterocycles. The molecular formula is C15H19N3O4S. The van der Waals surface area contributed by atoms with Crippen molar-refractivity contribution in [1.29, 1.82) is 0 Å². The molecule has 0 spiro atoms. The lowest BCUT2D eigenvalue weighted by atomic mass is 10.0. The number of hydrogen-bond acceptors (Lipinski definition) is 5. The van der Waals surface area contributed by atoms with Crippen molar-refractivity contribution in [3.8, 4) is 5.75 Å². The van der Waals surface area contributed by atoms with E-state index in [2.05, 4.69) is 5.10 Å². The van der Waals surface area contributed by atoms with E-state index < -0.39 is 22.2 Å². The minimum atomic E-state index is -3.72. The molecule has 1 aromatic carbocycles. The zero-order valence-electron chi connectivity index (χ0n) is 13.0. The Bertz CT molecular complexity index is 803. The van der Waals surface area contributed by atoms with Gasteiger partial charge in [-0.25, -0.2) is 8.42 Å². The predicted octanol–water partition coefficient (Wildman–Crippen LogP) is 0.925. The van der Waals surface area contributed by atoms with E-state index in [-0.39, 0.29) is 11.4 Å². The molecule has 0 amide bonds. The Hall–Kier alpha value is -1.90. The average molecular weight is 337 g/mol. The van der Waals surface area contributed by atoms with Crippen LogP contribution in [-0.4, -0.2) is 47.4 Å². The van der Waals surface area contributed by atoms with Crippen molar-refractivity contribution >= 4 is 10.0 Å². The van der Waals surface area contributed by atoms with Crippen molar-refractivity contribution in [3.05, 3.63) is 42.2 Å². The monoisotopic (exact) mass is 337 g/mol. The summed E-state index contributed by atoms with van der Waals surface area (Å²) in [6.07, 6.45) is 2.44. The number of sulfonamides is 1. The number of aliphatic hydroxyl groups is 1. The third-order valence-electron chi connectivity index (χ3n) is 4.00. The molecule has 8 heteroatoms. The molecule has 1 aliphatic rings. The number of methoxy groups -OCH3 is 1. The van der Waals surface area contributed by atoms with Gasteiger partial charge < -0.3 is 9.84 Å². The third kappa shape index (κ3) is 2.97. The Morgan fingerprint density at radius 3 is 2.83 bits per heavy atom. The average Bonchev–Trinajstić information content (AvgIpc) is 3.14. The maximum absolute atomic E-state index is 12.9. The van der Waals surface area contributed by atoms with Gasteiger partial charge in [0.05, 0.1) is 25.5 Å². The molecule has 0 bridgehead atoms. The van der Waals surface area contributed by atoms with Crippen LogP contribution in [0.15, 0.2) is 41.6 Å². The summed E-state index contributed by atoms with van der Waals surface area (Å²) in [7, 11) is -0.492. The fourth-order valence-electron chi connectivity index (χ4n) is 2.87. The molecule has 0 aliphatic carbocycles. The van der Waals surface area contributed by atoms with Crippen LogP contribution in [0.1, 0.15) is 18.0 Å². The lowest BCUT2D eigenvalue weighted by molar-refractivity contribution is 0.188. The third-order valence-corrected chi connectivity index (χ3v) is 5.83.